The average molecular weight is 210 g/mol. The van der Waals surface area contributed by atoms with Crippen molar-refractivity contribution in [2.45, 2.75) is 70.5 Å². The molecule has 2 unspecified atom stereocenters. The van der Waals surface area contributed by atoms with E-state index in [0.717, 1.165) is 6.04 Å². The molecule has 0 aromatic carbocycles. The van der Waals surface area contributed by atoms with Crippen molar-refractivity contribution in [3.05, 3.63) is 0 Å². The summed E-state index contributed by atoms with van der Waals surface area (Å²) in [6.45, 7) is 9.59. The zero-order chi connectivity index (χ0) is 10.9. The molecule has 2 fully saturated rings. The van der Waals surface area contributed by atoms with Crippen LogP contribution in [0.1, 0.15) is 52.9 Å². The van der Waals surface area contributed by atoms with Crippen molar-refractivity contribution in [3.63, 3.8) is 0 Å². The van der Waals surface area contributed by atoms with Crippen LogP contribution < -0.4 is 5.32 Å². The first kappa shape index (κ1) is 11.4. The average Bonchev–Trinajstić information content (AvgIpc) is 2.87. The molecule has 1 N–H and O–H groups in total. The highest BCUT2D eigenvalue weighted by molar-refractivity contribution is 5.04. The first-order valence-electron chi connectivity index (χ1n) is 6.70. The van der Waals surface area contributed by atoms with Crippen molar-refractivity contribution in [3.8, 4) is 0 Å². The summed E-state index contributed by atoms with van der Waals surface area (Å²) in [5.41, 5.74) is 0.445. The van der Waals surface area contributed by atoms with Crippen LogP contribution in [-0.4, -0.2) is 35.6 Å². The third-order valence-electron chi connectivity index (χ3n) is 4.50. The second-order valence-electron chi connectivity index (χ2n) is 5.53. The van der Waals surface area contributed by atoms with Crippen molar-refractivity contribution in [1.29, 1.82) is 0 Å². The smallest absolute Gasteiger partial charge is 0.0335 e. The van der Waals surface area contributed by atoms with Crippen LogP contribution in [0.3, 0.4) is 0 Å². The third kappa shape index (κ3) is 1.94. The van der Waals surface area contributed by atoms with E-state index in [0.29, 0.717) is 11.6 Å². The molecule has 2 heteroatoms. The molecular formula is C13H26N2. The van der Waals surface area contributed by atoms with Gasteiger partial charge in [0, 0.05) is 17.6 Å². The molecule has 2 rings (SSSR count). The Kier molecular flexibility index (Phi) is 3.36. The van der Waals surface area contributed by atoms with Crippen molar-refractivity contribution in [2.24, 2.45) is 0 Å². The fraction of sp³-hybridized carbons (Fsp3) is 1.00. The van der Waals surface area contributed by atoms with E-state index in [9.17, 15) is 0 Å². The summed E-state index contributed by atoms with van der Waals surface area (Å²) in [6, 6.07) is 1.51. The van der Waals surface area contributed by atoms with Crippen LogP contribution in [0.4, 0.5) is 0 Å². The minimum atomic E-state index is 0.445. The molecule has 0 amide bonds. The molecular weight excluding hydrogens is 184 g/mol. The Balaban J connectivity index is 2.13. The first-order valence-corrected chi connectivity index (χ1v) is 6.70. The number of nitrogens with zero attached hydrogens (tertiary/aromatic N) is 1. The van der Waals surface area contributed by atoms with Gasteiger partial charge in [-0.15, -0.1) is 0 Å². The molecule has 0 saturated carbocycles. The standard InChI is InChI=1S/C13H26N2/c1-4-13(8-6-9-14-13)12-7-5-10-15(12)11(2)3/h11-12,14H,4-10H2,1-3H3. The summed E-state index contributed by atoms with van der Waals surface area (Å²) in [4.78, 5) is 2.72. The van der Waals surface area contributed by atoms with Crippen LogP contribution in [0.15, 0.2) is 0 Å². The van der Waals surface area contributed by atoms with Gasteiger partial charge in [0.2, 0.25) is 0 Å². The molecule has 15 heavy (non-hydrogen) atoms. The number of likely N-dealkylation sites (tertiary alicyclic amines) is 1. The Labute approximate surface area is 94.4 Å². The lowest BCUT2D eigenvalue weighted by molar-refractivity contribution is 0.113. The lowest BCUT2D eigenvalue weighted by Crippen LogP contribution is -2.56. The fourth-order valence-electron chi connectivity index (χ4n) is 3.65. The van der Waals surface area contributed by atoms with Crippen LogP contribution in [-0.2, 0) is 0 Å². The second-order valence-corrected chi connectivity index (χ2v) is 5.53. The van der Waals surface area contributed by atoms with E-state index in [1.54, 1.807) is 0 Å². The highest BCUT2D eigenvalue weighted by Crippen LogP contribution is 2.36. The first-order chi connectivity index (χ1) is 7.19. The fourth-order valence-corrected chi connectivity index (χ4v) is 3.65. The number of nitrogens with one attached hydrogen (secondary N) is 1. The van der Waals surface area contributed by atoms with Gasteiger partial charge in [0.05, 0.1) is 0 Å². The third-order valence-corrected chi connectivity index (χ3v) is 4.50. The zero-order valence-electron chi connectivity index (χ0n) is 10.6. The normalized spacial score (nSPS) is 38.0. The van der Waals surface area contributed by atoms with Crippen molar-refractivity contribution in [1.82, 2.24) is 10.2 Å². The molecule has 2 heterocycles. The van der Waals surface area contributed by atoms with Gasteiger partial charge >= 0.3 is 0 Å². The maximum Gasteiger partial charge on any atom is 0.0335 e. The molecule has 0 spiro atoms. The molecule has 0 aliphatic carbocycles. The van der Waals surface area contributed by atoms with Crippen LogP contribution in [0.5, 0.6) is 0 Å². The van der Waals surface area contributed by atoms with Gasteiger partial charge in [-0.1, -0.05) is 6.92 Å². The molecule has 0 bridgehead atoms. The SMILES string of the molecule is CCC1(C2CCCN2C(C)C)CCCN1. The maximum atomic E-state index is 3.80. The summed E-state index contributed by atoms with van der Waals surface area (Å²) in [5.74, 6) is 0. The van der Waals surface area contributed by atoms with E-state index in [1.807, 2.05) is 0 Å². The van der Waals surface area contributed by atoms with Gasteiger partial charge in [-0.2, -0.15) is 0 Å². The van der Waals surface area contributed by atoms with Crippen LogP contribution in [0.2, 0.25) is 0 Å². The topological polar surface area (TPSA) is 15.3 Å². The monoisotopic (exact) mass is 210 g/mol. The van der Waals surface area contributed by atoms with E-state index in [1.165, 1.54) is 45.2 Å². The number of hydrogen-bond donors (Lipinski definition) is 1. The lowest BCUT2D eigenvalue weighted by atomic mass is 9.84. The summed E-state index contributed by atoms with van der Waals surface area (Å²) in [7, 11) is 0. The lowest BCUT2D eigenvalue weighted by Gasteiger charge is -2.42. The van der Waals surface area contributed by atoms with E-state index >= 15 is 0 Å². The summed E-state index contributed by atoms with van der Waals surface area (Å²) < 4.78 is 0. The van der Waals surface area contributed by atoms with E-state index in [4.69, 9.17) is 0 Å². The Morgan fingerprint density at radius 3 is 2.73 bits per heavy atom. The Hall–Kier alpha value is -0.0800. The van der Waals surface area contributed by atoms with E-state index in [2.05, 4.69) is 31.0 Å². The summed E-state index contributed by atoms with van der Waals surface area (Å²) in [5, 5.41) is 3.80. The molecule has 2 atom stereocenters. The maximum absolute atomic E-state index is 3.80. The van der Waals surface area contributed by atoms with Crippen LogP contribution >= 0.6 is 0 Å². The Morgan fingerprint density at radius 1 is 1.40 bits per heavy atom. The molecule has 2 aliphatic heterocycles. The van der Waals surface area contributed by atoms with Gasteiger partial charge in [-0.3, -0.25) is 4.90 Å². The minimum Gasteiger partial charge on any atom is -0.310 e. The van der Waals surface area contributed by atoms with E-state index < -0.39 is 0 Å². The predicted octanol–water partition coefficient (Wildman–Crippen LogP) is 2.39. The summed E-state index contributed by atoms with van der Waals surface area (Å²) in [6.07, 6.45) is 6.85. The van der Waals surface area contributed by atoms with Crippen molar-refractivity contribution in [2.75, 3.05) is 13.1 Å². The molecule has 2 saturated heterocycles. The second kappa shape index (κ2) is 4.42. The largest absolute Gasteiger partial charge is 0.310 e. The molecule has 0 aromatic rings. The van der Waals surface area contributed by atoms with Gasteiger partial charge in [0.1, 0.15) is 0 Å². The Bertz CT molecular complexity index is 207. The quantitative estimate of drug-likeness (QED) is 0.769. The molecule has 0 aromatic heterocycles. The van der Waals surface area contributed by atoms with Gasteiger partial charge in [0.15, 0.2) is 0 Å². The number of hydrogen-bond acceptors (Lipinski definition) is 2. The predicted molar refractivity (Wildman–Crippen MR) is 65.1 cm³/mol. The highest BCUT2D eigenvalue weighted by Gasteiger charge is 2.44. The highest BCUT2D eigenvalue weighted by atomic mass is 15.2. The molecule has 88 valence electrons. The van der Waals surface area contributed by atoms with Gasteiger partial charge in [-0.25, -0.2) is 0 Å². The van der Waals surface area contributed by atoms with Crippen molar-refractivity contribution >= 4 is 0 Å². The van der Waals surface area contributed by atoms with Gasteiger partial charge in [-0.05, 0) is 59.0 Å². The van der Waals surface area contributed by atoms with Crippen LogP contribution in [0.25, 0.3) is 0 Å². The summed E-state index contributed by atoms with van der Waals surface area (Å²) >= 11 is 0. The van der Waals surface area contributed by atoms with Crippen LogP contribution in [0, 0.1) is 0 Å². The van der Waals surface area contributed by atoms with Crippen molar-refractivity contribution < 1.29 is 0 Å². The van der Waals surface area contributed by atoms with Gasteiger partial charge in [0.25, 0.3) is 0 Å². The Morgan fingerprint density at radius 2 is 2.20 bits per heavy atom. The zero-order valence-corrected chi connectivity index (χ0v) is 10.6. The molecule has 2 nitrogen and oxygen atoms in total. The minimum absolute atomic E-state index is 0.445. The molecule has 2 aliphatic rings. The van der Waals surface area contributed by atoms with E-state index in [-0.39, 0.29) is 0 Å². The number of rotatable bonds is 3. The molecule has 0 radical (unpaired) electrons. The van der Waals surface area contributed by atoms with Gasteiger partial charge < -0.3 is 5.32 Å².